The van der Waals surface area contributed by atoms with E-state index in [1.165, 1.54) is 4.90 Å². The summed E-state index contributed by atoms with van der Waals surface area (Å²) in [5, 5.41) is 0. The highest BCUT2D eigenvalue weighted by Gasteiger charge is 2.36. The number of benzene rings is 2. The summed E-state index contributed by atoms with van der Waals surface area (Å²) in [6.07, 6.45) is 3.29. The highest BCUT2D eigenvalue weighted by Crippen LogP contribution is 2.32. The molecular weight excluding hydrogens is 316 g/mol. The van der Waals surface area contributed by atoms with Gasteiger partial charge < -0.3 is 4.74 Å². The zero-order valence-corrected chi connectivity index (χ0v) is 13.5. The van der Waals surface area contributed by atoms with E-state index in [-0.39, 0.29) is 11.8 Å². The van der Waals surface area contributed by atoms with Gasteiger partial charge in [0, 0.05) is 6.20 Å². The zero-order valence-electron chi connectivity index (χ0n) is 13.5. The van der Waals surface area contributed by atoms with E-state index in [4.69, 9.17) is 4.74 Å². The van der Waals surface area contributed by atoms with Gasteiger partial charge in [0.05, 0.1) is 23.0 Å². The number of hydrogen-bond acceptors (Lipinski definition) is 4. The van der Waals surface area contributed by atoms with Crippen LogP contribution in [0.1, 0.15) is 26.3 Å². The number of imide groups is 1. The third-order valence-electron chi connectivity index (χ3n) is 4.07. The van der Waals surface area contributed by atoms with Crippen LogP contribution in [0.2, 0.25) is 0 Å². The van der Waals surface area contributed by atoms with E-state index >= 15 is 0 Å². The maximum atomic E-state index is 12.6. The molecule has 2 heterocycles. The largest absolute Gasteiger partial charge is 0.455 e. The smallest absolute Gasteiger partial charge is 0.266 e. The Morgan fingerprint density at radius 1 is 0.920 bits per heavy atom. The van der Waals surface area contributed by atoms with Crippen molar-refractivity contribution >= 4 is 17.5 Å². The lowest BCUT2D eigenvalue weighted by molar-refractivity contribution is 0.0926. The normalized spacial score (nSPS) is 13.1. The van der Waals surface area contributed by atoms with E-state index in [2.05, 4.69) is 4.98 Å². The fourth-order valence-corrected chi connectivity index (χ4v) is 2.85. The summed E-state index contributed by atoms with van der Waals surface area (Å²) >= 11 is 0. The van der Waals surface area contributed by atoms with Crippen LogP contribution in [0, 0.1) is 6.92 Å². The van der Waals surface area contributed by atoms with Crippen LogP contribution in [0.25, 0.3) is 0 Å². The number of anilines is 1. The van der Waals surface area contributed by atoms with E-state index in [0.717, 1.165) is 5.56 Å². The molecule has 2 amide bonds. The Morgan fingerprint density at radius 2 is 1.64 bits per heavy atom. The molecule has 0 spiro atoms. The van der Waals surface area contributed by atoms with Crippen molar-refractivity contribution in [3.63, 3.8) is 0 Å². The number of nitrogens with zero attached hydrogens (tertiary/aromatic N) is 2. The van der Waals surface area contributed by atoms with Crippen molar-refractivity contribution in [3.8, 4) is 11.5 Å². The Balaban J connectivity index is 1.66. The van der Waals surface area contributed by atoms with Crippen molar-refractivity contribution in [1.29, 1.82) is 0 Å². The summed E-state index contributed by atoms with van der Waals surface area (Å²) in [5.74, 6) is 0.661. The molecule has 4 rings (SSSR count). The second-order valence-electron chi connectivity index (χ2n) is 5.73. The molecule has 2 aromatic carbocycles. The van der Waals surface area contributed by atoms with Gasteiger partial charge >= 0.3 is 0 Å². The molecule has 0 N–H and O–H groups in total. The number of aryl methyl sites for hydroxylation is 1. The average Bonchev–Trinajstić information content (AvgIpc) is 2.89. The molecule has 0 saturated carbocycles. The predicted molar refractivity (Wildman–Crippen MR) is 93.1 cm³/mol. The van der Waals surface area contributed by atoms with Crippen LogP contribution in [0.15, 0.2) is 67.0 Å². The van der Waals surface area contributed by atoms with E-state index in [1.807, 2.05) is 13.0 Å². The monoisotopic (exact) mass is 330 g/mol. The van der Waals surface area contributed by atoms with Crippen LogP contribution in [0.4, 0.5) is 5.69 Å². The Labute approximate surface area is 144 Å². The van der Waals surface area contributed by atoms with Crippen molar-refractivity contribution in [3.05, 3.63) is 83.7 Å². The molecule has 0 aliphatic carbocycles. The van der Waals surface area contributed by atoms with Gasteiger partial charge in [-0.15, -0.1) is 0 Å². The Bertz CT molecular complexity index is 948. The summed E-state index contributed by atoms with van der Waals surface area (Å²) in [5.41, 5.74) is 2.21. The van der Waals surface area contributed by atoms with Crippen molar-refractivity contribution in [1.82, 2.24) is 4.98 Å². The van der Waals surface area contributed by atoms with Gasteiger partial charge in [0.2, 0.25) is 0 Å². The summed E-state index contributed by atoms with van der Waals surface area (Å²) in [6.45, 7) is 1.87. The van der Waals surface area contributed by atoms with Gasteiger partial charge in [0.1, 0.15) is 11.5 Å². The Hall–Kier alpha value is -3.47. The van der Waals surface area contributed by atoms with Crippen LogP contribution >= 0.6 is 0 Å². The van der Waals surface area contributed by atoms with Crippen molar-refractivity contribution < 1.29 is 14.3 Å². The maximum Gasteiger partial charge on any atom is 0.266 e. The highest BCUT2D eigenvalue weighted by molar-refractivity contribution is 6.34. The van der Waals surface area contributed by atoms with E-state index < -0.39 is 0 Å². The molecule has 0 unspecified atom stereocenters. The number of carbonyl (C=O) groups is 2. The summed E-state index contributed by atoms with van der Waals surface area (Å²) < 4.78 is 5.79. The lowest BCUT2D eigenvalue weighted by Crippen LogP contribution is -2.29. The molecule has 3 aromatic rings. The molecule has 122 valence electrons. The summed E-state index contributed by atoms with van der Waals surface area (Å²) in [6, 6.07) is 15.7. The van der Waals surface area contributed by atoms with E-state index in [9.17, 15) is 9.59 Å². The predicted octanol–water partition coefficient (Wildman–Crippen LogP) is 3.98. The van der Waals surface area contributed by atoms with Gasteiger partial charge in [0.15, 0.2) is 0 Å². The quantitative estimate of drug-likeness (QED) is 0.682. The molecule has 0 saturated heterocycles. The second-order valence-corrected chi connectivity index (χ2v) is 5.73. The van der Waals surface area contributed by atoms with Crippen LogP contribution < -0.4 is 9.64 Å². The third-order valence-corrected chi connectivity index (χ3v) is 4.07. The first-order chi connectivity index (χ1) is 12.1. The Kier molecular flexibility index (Phi) is 3.54. The lowest BCUT2D eigenvalue weighted by atomic mass is 10.1. The van der Waals surface area contributed by atoms with Gasteiger partial charge in [-0.1, -0.05) is 12.1 Å². The van der Waals surface area contributed by atoms with Crippen molar-refractivity contribution in [2.24, 2.45) is 0 Å². The molecule has 1 aromatic heterocycles. The molecule has 1 aliphatic heterocycles. The zero-order chi connectivity index (χ0) is 17.4. The Morgan fingerprint density at radius 3 is 2.24 bits per heavy atom. The fraction of sp³-hybridized carbons (Fsp3) is 0.0500. The molecule has 5 nitrogen and oxygen atoms in total. The number of hydrogen-bond donors (Lipinski definition) is 0. The topological polar surface area (TPSA) is 59.5 Å². The molecule has 25 heavy (non-hydrogen) atoms. The molecule has 5 heteroatoms. The first-order valence-corrected chi connectivity index (χ1v) is 7.81. The number of pyridine rings is 1. The number of rotatable bonds is 3. The second kappa shape index (κ2) is 5.87. The number of aromatic nitrogens is 1. The van der Waals surface area contributed by atoms with Crippen LogP contribution in [-0.4, -0.2) is 16.8 Å². The average molecular weight is 330 g/mol. The first-order valence-electron chi connectivity index (χ1n) is 7.81. The molecule has 0 fully saturated rings. The lowest BCUT2D eigenvalue weighted by Gasteiger charge is -2.16. The summed E-state index contributed by atoms with van der Waals surface area (Å²) in [4.78, 5) is 30.3. The van der Waals surface area contributed by atoms with Crippen LogP contribution in [0.5, 0.6) is 11.5 Å². The highest BCUT2D eigenvalue weighted by atomic mass is 16.5. The van der Waals surface area contributed by atoms with E-state index in [1.54, 1.807) is 60.9 Å². The fourth-order valence-electron chi connectivity index (χ4n) is 2.85. The minimum absolute atomic E-state index is 0.305. The minimum atomic E-state index is -0.305. The molecule has 0 radical (unpaired) electrons. The van der Waals surface area contributed by atoms with Gasteiger partial charge in [0.25, 0.3) is 11.8 Å². The van der Waals surface area contributed by atoms with Crippen LogP contribution in [-0.2, 0) is 0 Å². The van der Waals surface area contributed by atoms with Gasteiger partial charge in [-0.3, -0.25) is 14.6 Å². The van der Waals surface area contributed by atoms with Crippen LogP contribution in [0.3, 0.4) is 0 Å². The summed E-state index contributed by atoms with van der Waals surface area (Å²) in [7, 11) is 0. The standard InChI is InChI=1S/C20H14N2O3/c1-13-11-14(8-9-18(13)25-15-5-4-10-21-12-15)22-19(23)16-6-2-3-7-17(16)20(22)24/h2-12H,1H3. The van der Waals surface area contributed by atoms with Crippen molar-refractivity contribution in [2.45, 2.75) is 6.92 Å². The van der Waals surface area contributed by atoms with Gasteiger partial charge in [-0.2, -0.15) is 0 Å². The first kappa shape index (κ1) is 15.1. The molecule has 0 bridgehead atoms. The molecular formula is C20H14N2O3. The molecule has 1 aliphatic rings. The SMILES string of the molecule is Cc1cc(N2C(=O)c3ccccc3C2=O)ccc1Oc1cccnc1. The number of amides is 2. The maximum absolute atomic E-state index is 12.6. The van der Waals surface area contributed by atoms with Gasteiger partial charge in [-0.05, 0) is 55.0 Å². The third kappa shape index (κ3) is 2.55. The van der Waals surface area contributed by atoms with E-state index in [0.29, 0.717) is 28.3 Å². The van der Waals surface area contributed by atoms with Crippen molar-refractivity contribution in [2.75, 3.05) is 4.90 Å². The van der Waals surface area contributed by atoms with Gasteiger partial charge in [-0.25, -0.2) is 4.90 Å². The minimum Gasteiger partial charge on any atom is -0.455 e. The number of carbonyl (C=O) groups excluding carboxylic acids is 2. The molecule has 0 atom stereocenters. The number of ether oxygens (including phenoxy) is 1. The number of fused-ring (bicyclic) bond motifs is 1.